The van der Waals surface area contributed by atoms with Gasteiger partial charge in [0.25, 0.3) is 5.91 Å². The van der Waals surface area contributed by atoms with Crippen molar-refractivity contribution in [3.63, 3.8) is 0 Å². The number of anilines is 1. The van der Waals surface area contributed by atoms with Gasteiger partial charge in [-0.05, 0) is 25.0 Å². The summed E-state index contributed by atoms with van der Waals surface area (Å²) in [7, 11) is 1.84. The third-order valence-corrected chi connectivity index (χ3v) is 4.38. The highest BCUT2D eigenvalue weighted by Crippen LogP contribution is 2.41. The number of thiophene rings is 1. The fraction of sp³-hybridized carbons (Fsp3) is 0.333. The van der Waals surface area contributed by atoms with Gasteiger partial charge in [0, 0.05) is 19.3 Å². The van der Waals surface area contributed by atoms with Gasteiger partial charge in [0.05, 0.1) is 16.1 Å². The minimum absolute atomic E-state index is 0.00937. The van der Waals surface area contributed by atoms with E-state index >= 15 is 0 Å². The number of H-pyrrole nitrogens is 1. The number of rotatable bonds is 2. The molecule has 0 radical (unpaired) electrons. The fourth-order valence-corrected chi connectivity index (χ4v) is 3.49. The van der Waals surface area contributed by atoms with E-state index in [1.54, 1.807) is 17.5 Å². The number of hydrogen-bond acceptors (Lipinski definition) is 4. The van der Waals surface area contributed by atoms with Crippen LogP contribution in [0.15, 0.2) is 12.3 Å². The van der Waals surface area contributed by atoms with Gasteiger partial charge in [0.2, 0.25) is 0 Å². The highest BCUT2D eigenvalue weighted by atomic mass is 32.1. The van der Waals surface area contributed by atoms with Crippen molar-refractivity contribution >= 4 is 22.2 Å². The Kier molecular flexibility index (Phi) is 2.59. The van der Waals surface area contributed by atoms with Gasteiger partial charge in [-0.3, -0.25) is 9.89 Å². The van der Waals surface area contributed by atoms with Gasteiger partial charge in [-0.15, -0.1) is 11.3 Å². The number of amides is 1. The molecule has 1 aliphatic heterocycles. The standard InChI is InChI=1S/C12H14N4OS/c1-6-5-7-9(11(17)15-6)12(13-2)18-10(7)8-3-4-14-16-8/h3-4,6,13H,5H2,1-2H3,(H,14,16)(H,15,17)/t6-/m0/s1. The molecule has 2 aromatic heterocycles. The summed E-state index contributed by atoms with van der Waals surface area (Å²) in [5.41, 5.74) is 2.87. The zero-order chi connectivity index (χ0) is 12.7. The lowest BCUT2D eigenvalue weighted by molar-refractivity contribution is 0.0931. The molecule has 2 aromatic rings. The van der Waals surface area contributed by atoms with Crippen molar-refractivity contribution in [3.8, 4) is 10.6 Å². The largest absolute Gasteiger partial charge is 0.379 e. The van der Waals surface area contributed by atoms with Gasteiger partial charge in [-0.2, -0.15) is 5.10 Å². The molecule has 1 amide bonds. The molecule has 0 aromatic carbocycles. The summed E-state index contributed by atoms with van der Waals surface area (Å²) < 4.78 is 0. The molecule has 1 aliphatic rings. The Labute approximate surface area is 109 Å². The van der Waals surface area contributed by atoms with Crippen molar-refractivity contribution in [1.82, 2.24) is 15.5 Å². The first-order valence-corrected chi connectivity index (χ1v) is 6.66. The number of hydrogen-bond donors (Lipinski definition) is 3. The number of fused-ring (bicyclic) bond motifs is 1. The molecule has 3 rings (SSSR count). The first-order chi connectivity index (χ1) is 8.70. The van der Waals surface area contributed by atoms with Crippen LogP contribution >= 0.6 is 11.3 Å². The molecule has 0 aliphatic carbocycles. The summed E-state index contributed by atoms with van der Waals surface area (Å²) in [6, 6.07) is 2.11. The van der Waals surface area contributed by atoms with E-state index in [4.69, 9.17) is 0 Å². The molecule has 1 atom stereocenters. The number of nitrogens with zero attached hydrogens (tertiary/aromatic N) is 1. The van der Waals surface area contributed by atoms with Crippen molar-refractivity contribution in [3.05, 3.63) is 23.4 Å². The van der Waals surface area contributed by atoms with Crippen LogP contribution < -0.4 is 10.6 Å². The Hall–Kier alpha value is -1.82. The van der Waals surface area contributed by atoms with E-state index in [0.29, 0.717) is 0 Å². The van der Waals surface area contributed by atoms with Crippen molar-refractivity contribution in [2.75, 3.05) is 12.4 Å². The number of nitrogens with one attached hydrogen (secondary N) is 3. The summed E-state index contributed by atoms with van der Waals surface area (Å²) >= 11 is 1.60. The van der Waals surface area contributed by atoms with Crippen molar-refractivity contribution < 1.29 is 4.79 Å². The van der Waals surface area contributed by atoms with Crippen molar-refractivity contribution in [1.29, 1.82) is 0 Å². The number of carbonyl (C=O) groups excluding carboxylic acids is 1. The first-order valence-electron chi connectivity index (χ1n) is 5.84. The van der Waals surface area contributed by atoms with Crippen LogP contribution in [0.4, 0.5) is 5.00 Å². The van der Waals surface area contributed by atoms with Gasteiger partial charge in [-0.1, -0.05) is 0 Å². The van der Waals surface area contributed by atoms with E-state index < -0.39 is 0 Å². The Morgan fingerprint density at radius 2 is 2.39 bits per heavy atom. The maximum Gasteiger partial charge on any atom is 0.254 e. The highest BCUT2D eigenvalue weighted by molar-refractivity contribution is 7.20. The molecule has 3 N–H and O–H groups in total. The third kappa shape index (κ3) is 1.60. The quantitative estimate of drug-likeness (QED) is 0.773. The second-order valence-electron chi connectivity index (χ2n) is 4.41. The van der Waals surface area contributed by atoms with Crippen LogP contribution in [-0.2, 0) is 6.42 Å². The minimum Gasteiger partial charge on any atom is -0.379 e. The van der Waals surface area contributed by atoms with Crippen LogP contribution in [0.1, 0.15) is 22.8 Å². The average molecular weight is 262 g/mol. The summed E-state index contributed by atoms with van der Waals surface area (Å²) in [6.07, 6.45) is 2.58. The predicted molar refractivity (Wildman–Crippen MR) is 72.1 cm³/mol. The average Bonchev–Trinajstić information content (AvgIpc) is 2.94. The van der Waals surface area contributed by atoms with E-state index in [0.717, 1.165) is 33.1 Å². The van der Waals surface area contributed by atoms with E-state index in [-0.39, 0.29) is 11.9 Å². The predicted octanol–water partition coefficient (Wildman–Crippen LogP) is 1.85. The number of aromatic amines is 1. The van der Waals surface area contributed by atoms with E-state index in [9.17, 15) is 4.79 Å². The fourth-order valence-electron chi connectivity index (χ4n) is 2.33. The summed E-state index contributed by atoms with van der Waals surface area (Å²) in [4.78, 5) is 13.2. The summed E-state index contributed by atoms with van der Waals surface area (Å²) in [6.45, 7) is 2.02. The Morgan fingerprint density at radius 1 is 1.56 bits per heavy atom. The summed E-state index contributed by atoms with van der Waals surface area (Å²) in [5.74, 6) is 0.00937. The Bertz CT molecular complexity index is 587. The molecule has 0 bridgehead atoms. The van der Waals surface area contributed by atoms with Crippen LogP contribution in [0.5, 0.6) is 0 Å². The normalized spacial score (nSPS) is 18.3. The monoisotopic (exact) mass is 262 g/mol. The lowest BCUT2D eigenvalue weighted by atomic mass is 9.96. The molecule has 3 heterocycles. The highest BCUT2D eigenvalue weighted by Gasteiger charge is 2.30. The maximum atomic E-state index is 12.1. The van der Waals surface area contributed by atoms with Crippen molar-refractivity contribution in [2.45, 2.75) is 19.4 Å². The zero-order valence-electron chi connectivity index (χ0n) is 10.2. The van der Waals surface area contributed by atoms with Crippen LogP contribution in [0, 0.1) is 0 Å². The number of carbonyl (C=O) groups is 1. The van der Waals surface area contributed by atoms with Gasteiger partial charge in [-0.25, -0.2) is 0 Å². The molecule has 0 saturated heterocycles. The summed E-state index contributed by atoms with van der Waals surface area (Å²) in [5, 5.41) is 13.9. The molecule has 0 fully saturated rings. The topological polar surface area (TPSA) is 69.8 Å². The van der Waals surface area contributed by atoms with Gasteiger partial charge in [0.1, 0.15) is 5.00 Å². The lowest BCUT2D eigenvalue weighted by Gasteiger charge is -2.21. The molecule has 6 heteroatoms. The van der Waals surface area contributed by atoms with Gasteiger partial charge < -0.3 is 10.6 Å². The first kappa shape index (κ1) is 11.3. The molecule has 0 unspecified atom stereocenters. The molecule has 0 spiro atoms. The second kappa shape index (κ2) is 4.13. The van der Waals surface area contributed by atoms with Gasteiger partial charge in [0.15, 0.2) is 0 Å². The maximum absolute atomic E-state index is 12.1. The van der Waals surface area contributed by atoms with E-state index in [2.05, 4.69) is 20.8 Å². The van der Waals surface area contributed by atoms with Crippen LogP contribution in [0.2, 0.25) is 0 Å². The van der Waals surface area contributed by atoms with Crippen LogP contribution in [-0.4, -0.2) is 29.2 Å². The molecular formula is C12H14N4OS. The molecule has 94 valence electrons. The van der Waals surface area contributed by atoms with Crippen molar-refractivity contribution in [2.24, 2.45) is 0 Å². The second-order valence-corrected chi connectivity index (χ2v) is 5.43. The van der Waals surface area contributed by atoms with Gasteiger partial charge >= 0.3 is 0 Å². The lowest BCUT2D eigenvalue weighted by Crippen LogP contribution is -2.39. The van der Waals surface area contributed by atoms with E-state index in [1.807, 2.05) is 20.0 Å². The smallest absolute Gasteiger partial charge is 0.254 e. The SMILES string of the molecule is CNc1sc(-c2ccn[nH]2)c2c1C(=O)N[C@@H](C)C2. The third-order valence-electron chi connectivity index (χ3n) is 3.09. The molecule has 0 saturated carbocycles. The molecule has 18 heavy (non-hydrogen) atoms. The molecule has 5 nitrogen and oxygen atoms in total. The Morgan fingerprint density at radius 3 is 3.06 bits per heavy atom. The minimum atomic E-state index is 0.00937. The van der Waals surface area contributed by atoms with Crippen LogP contribution in [0.3, 0.4) is 0 Å². The zero-order valence-corrected chi connectivity index (χ0v) is 11.0. The van der Waals surface area contributed by atoms with Crippen LogP contribution in [0.25, 0.3) is 10.6 Å². The Balaban J connectivity index is 2.20. The number of aromatic nitrogens is 2. The van der Waals surface area contributed by atoms with E-state index in [1.165, 1.54) is 0 Å². The molecular weight excluding hydrogens is 248 g/mol.